The number of likely N-dealkylation sites (N-methyl/N-ethyl adjacent to an activating group) is 1. The largest absolute Gasteiger partial charge is 0.509 e. The highest BCUT2D eigenvalue weighted by molar-refractivity contribution is 7.99. The number of carbonyl (C=O) groups excluding carboxylic acids is 2. The summed E-state index contributed by atoms with van der Waals surface area (Å²) in [5, 5.41) is 11.4. The molecular formula is C27H33ClN4O4S. The number of rotatable bonds is 7. The van der Waals surface area contributed by atoms with Crippen LogP contribution in [0.3, 0.4) is 0 Å². The molecule has 2 N–H and O–H groups in total. The minimum Gasteiger partial charge on any atom is -0.509 e. The summed E-state index contributed by atoms with van der Waals surface area (Å²) in [6.45, 7) is 9.46. The minimum atomic E-state index is -0.946. The number of Topliss-reactive ketones (excluding diaryl/α,β-unsaturated/α-hetero) is 1. The first kappa shape index (κ1) is 27.3. The zero-order valence-electron chi connectivity index (χ0n) is 21.9. The maximum atomic E-state index is 13.0. The predicted octanol–water partition coefficient (Wildman–Crippen LogP) is 4.77. The Bertz CT molecular complexity index is 1330. The number of anilines is 1. The SMILES string of the molecule is CCC1(C)CCN(c2ncc(Sc3cccc(CC(=O)C4=C(O)C(C)(C)N(C)C4=O)c3Cl)[nH]c2=O)CC1. The van der Waals surface area contributed by atoms with E-state index in [0.717, 1.165) is 32.4 Å². The highest BCUT2D eigenvalue weighted by Gasteiger charge is 2.45. The third-order valence-electron chi connectivity index (χ3n) is 7.93. The van der Waals surface area contributed by atoms with Crippen molar-refractivity contribution >= 4 is 40.9 Å². The zero-order chi connectivity index (χ0) is 27.1. The Morgan fingerprint density at radius 2 is 1.89 bits per heavy atom. The summed E-state index contributed by atoms with van der Waals surface area (Å²) < 4.78 is 0. The van der Waals surface area contributed by atoms with Gasteiger partial charge in [0.05, 0.1) is 21.8 Å². The first-order chi connectivity index (χ1) is 17.4. The Morgan fingerprint density at radius 3 is 2.46 bits per heavy atom. The van der Waals surface area contributed by atoms with E-state index in [2.05, 4.69) is 23.8 Å². The van der Waals surface area contributed by atoms with Crippen molar-refractivity contribution in [2.45, 2.75) is 68.8 Å². The summed E-state index contributed by atoms with van der Waals surface area (Å²) in [4.78, 5) is 49.8. The molecule has 0 radical (unpaired) electrons. The van der Waals surface area contributed by atoms with E-state index in [0.29, 0.717) is 31.7 Å². The highest BCUT2D eigenvalue weighted by Crippen LogP contribution is 2.37. The Morgan fingerprint density at radius 1 is 1.22 bits per heavy atom. The second-order valence-electron chi connectivity index (χ2n) is 10.6. The number of H-pyrrole nitrogens is 1. The Kier molecular flexibility index (Phi) is 7.50. The van der Waals surface area contributed by atoms with E-state index in [-0.39, 0.29) is 23.3 Å². The molecular weight excluding hydrogens is 512 g/mol. The number of halogens is 1. The summed E-state index contributed by atoms with van der Waals surface area (Å²) >= 11 is 7.88. The molecule has 0 unspecified atom stereocenters. The molecule has 0 saturated carbocycles. The summed E-state index contributed by atoms with van der Waals surface area (Å²) in [6.07, 6.45) is 4.66. The topological polar surface area (TPSA) is 107 Å². The Balaban J connectivity index is 1.50. The minimum absolute atomic E-state index is 0.137. The Labute approximate surface area is 226 Å². The van der Waals surface area contributed by atoms with Crippen molar-refractivity contribution in [1.82, 2.24) is 14.9 Å². The van der Waals surface area contributed by atoms with Gasteiger partial charge in [0.2, 0.25) is 0 Å². The van der Waals surface area contributed by atoms with Gasteiger partial charge in [0.1, 0.15) is 11.3 Å². The molecule has 8 nitrogen and oxygen atoms in total. The van der Waals surface area contributed by atoms with Gasteiger partial charge in [-0.15, -0.1) is 0 Å². The van der Waals surface area contributed by atoms with Gasteiger partial charge in [-0.1, -0.05) is 55.8 Å². The van der Waals surface area contributed by atoms with Gasteiger partial charge in [0, 0.05) is 31.5 Å². The van der Waals surface area contributed by atoms with Crippen molar-refractivity contribution in [2.24, 2.45) is 5.41 Å². The lowest BCUT2D eigenvalue weighted by Crippen LogP contribution is -2.41. The van der Waals surface area contributed by atoms with Crippen LogP contribution in [0.25, 0.3) is 0 Å². The molecule has 3 heterocycles. The van der Waals surface area contributed by atoms with E-state index in [1.54, 1.807) is 45.3 Å². The van der Waals surface area contributed by atoms with Gasteiger partial charge in [-0.3, -0.25) is 14.4 Å². The number of benzene rings is 1. The number of amides is 1. The lowest BCUT2D eigenvalue weighted by atomic mass is 9.78. The zero-order valence-corrected chi connectivity index (χ0v) is 23.4. The molecule has 0 aliphatic carbocycles. The van der Waals surface area contributed by atoms with Crippen LogP contribution in [0, 0.1) is 5.41 Å². The molecule has 1 aromatic carbocycles. The molecule has 10 heteroatoms. The van der Waals surface area contributed by atoms with Crippen molar-refractivity contribution < 1.29 is 14.7 Å². The van der Waals surface area contributed by atoms with Gasteiger partial charge in [-0.25, -0.2) is 4.98 Å². The van der Waals surface area contributed by atoms with E-state index >= 15 is 0 Å². The normalized spacial score (nSPS) is 19.0. The van der Waals surface area contributed by atoms with Gasteiger partial charge >= 0.3 is 0 Å². The quantitative estimate of drug-likeness (QED) is 0.484. The molecule has 0 atom stereocenters. The second kappa shape index (κ2) is 10.2. The molecule has 1 aromatic heterocycles. The average molecular weight is 545 g/mol. The van der Waals surface area contributed by atoms with Crippen LogP contribution in [0.5, 0.6) is 0 Å². The fourth-order valence-electron chi connectivity index (χ4n) is 4.66. The number of aromatic amines is 1. The molecule has 0 spiro atoms. The van der Waals surface area contributed by atoms with Crippen LogP contribution in [0.2, 0.25) is 5.02 Å². The molecule has 37 heavy (non-hydrogen) atoms. The van der Waals surface area contributed by atoms with Crippen LogP contribution in [0.15, 0.2) is 50.4 Å². The molecule has 1 saturated heterocycles. The van der Waals surface area contributed by atoms with Crippen molar-refractivity contribution in [3.63, 3.8) is 0 Å². The molecule has 0 bridgehead atoms. The molecule has 2 aliphatic heterocycles. The van der Waals surface area contributed by atoms with E-state index in [1.165, 1.54) is 16.7 Å². The van der Waals surface area contributed by atoms with E-state index in [1.807, 2.05) is 4.90 Å². The van der Waals surface area contributed by atoms with E-state index < -0.39 is 17.2 Å². The van der Waals surface area contributed by atoms with Crippen molar-refractivity contribution in [3.8, 4) is 0 Å². The molecule has 4 rings (SSSR count). The lowest BCUT2D eigenvalue weighted by molar-refractivity contribution is -0.129. The summed E-state index contributed by atoms with van der Waals surface area (Å²) in [5.41, 5.74) is -0.562. The summed E-state index contributed by atoms with van der Waals surface area (Å²) in [7, 11) is 1.55. The fourth-order valence-corrected chi connectivity index (χ4v) is 5.82. The first-order valence-corrected chi connectivity index (χ1v) is 13.6. The number of hydrogen-bond donors (Lipinski definition) is 2. The number of nitrogens with zero attached hydrogens (tertiary/aromatic N) is 3. The molecule has 1 fully saturated rings. The number of carbonyl (C=O) groups is 2. The van der Waals surface area contributed by atoms with Crippen LogP contribution < -0.4 is 10.5 Å². The number of ketones is 1. The predicted molar refractivity (Wildman–Crippen MR) is 145 cm³/mol. The van der Waals surface area contributed by atoms with Gasteiger partial charge < -0.3 is 19.9 Å². The second-order valence-corrected chi connectivity index (χ2v) is 12.1. The first-order valence-electron chi connectivity index (χ1n) is 12.4. The maximum absolute atomic E-state index is 13.0. The molecule has 1 amide bonds. The third kappa shape index (κ3) is 5.16. The van der Waals surface area contributed by atoms with Crippen LogP contribution >= 0.6 is 23.4 Å². The van der Waals surface area contributed by atoms with E-state index in [9.17, 15) is 19.5 Å². The van der Waals surface area contributed by atoms with Crippen molar-refractivity contribution in [2.75, 3.05) is 25.0 Å². The van der Waals surface area contributed by atoms with Gasteiger partial charge in [0.15, 0.2) is 11.6 Å². The van der Waals surface area contributed by atoms with Crippen LogP contribution in [0.4, 0.5) is 5.82 Å². The van der Waals surface area contributed by atoms with Crippen molar-refractivity contribution in [3.05, 3.63) is 56.7 Å². The number of aliphatic hydroxyl groups is 1. The Hall–Kier alpha value is -2.78. The van der Waals surface area contributed by atoms with Gasteiger partial charge in [0.25, 0.3) is 11.5 Å². The van der Waals surface area contributed by atoms with Crippen LogP contribution in [0.1, 0.15) is 52.5 Å². The molecule has 2 aromatic rings. The summed E-state index contributed by atoms with van der Waals surface area (Å²) in [5.74, 6) is -0.811. The number of aromatic nitrogens is 2. The highest BCUT2D eigenvalue weighted by atomic mass is 35.5. The third-order valence-corrected chi connectivity index (χ3v) is 9.48. The number of piperidine rings is 1. The maximum Gasteiger partial charge on any atom is 0.291 e. The monoisotopic (exact) mass is 544 g/mol. The van der Waals surface area contributed by atoms with Crippen molar-refractivity contribution in [1.29, 1.82) is 0 Å². The fraction of sp³-hybridized carbons (Fsp3) is 0.481. The van der Waals surface area contributed by atoms with Crippen LogP contribution in [-0.4, -0.2) is 57.3 Å². The molecule has 198 valence electrons. The van der Waals surface area contributed by atoms with Gasteiger partial charge in [-0.05, 0) is 43.7 Å². The average Bonchev–Trinajstić information content (AvgIpc) is 3.01. The lowest BCUT2D eigenvalue weighted by Gasteiger charge is -2.39. The smallest absolute Gasteiger partial charge is 0.291 e. The molecule has 2 aliphatic rings. The summed E-state index contributed by atoms with van der Waals surface area (Å²) in [6, 6.07) is 5.26. The van der Waals surface area contributed by atoms with Crippen LogP contribution in [-0.2, 0) is 16.0 Å². The van der Waals surface area contributed by atoms with Gasteiger partial charge in [-0.2, -0.15) is 0 Å². The number of nitrogens with one attached hydrogen (secondary N) is 1. The number of hydrogen-bond acceptors (Lipinski definition) is 7. The number of aliphatic hydroxyl groups excluding tert-OH is 1. The van der Waals surface area contributed by atoms with E-state index in [4.69, 9.17) is 11.6 Å². The standard InChI is InChI=1S/C27H33ClN4O4S/c1-6-27(4)10-12-32(13-11-27)23-24(35)30-19(15-29-23)37-18-9-7-8-16(21(18)28)14-17(33)20-22(34)26(2,3)31(5)25(20)36/h7-9,15,34H,6,10-14H2,1-5H3,(H,30,35).